The van der Waals surface area contributed by atoms with Crippen LogP contribution >= 0.6 is 0 Å². The summed E-state index contributed by atoms with van der Waals surface area (Å²) in [5, 5.41) is 4.33. The van der Waals surface area contributed by atoms with E-state index >= 15 is 0 Å². The van der Waals surface area contributed by atoms with Gasteiger partial charge in [-0.2, -0.15) is 5.10 Å². The van der Waals surface area contributed by atoms with E-state index in [0.29, 0.717) is 6.61 Å². The zero-order valence-electron chi connectivity index (χ0n) is 13.3. The predicted octanol–water partition coefficient (Wildman–Crippen LogP) is 1.61. The van der Waals surface area contributed by atoms with Crippen molar-refractivity contribution >= 4 is 12.6 Å². The van der Waals surface area contributed by atoms with E-state index in [-0.39, 0.29) is 24.4 Å². The van der Waals surface area contributed by atoms with E-state index in [4.69, 9.17) is 14.0 Å². The van der Waals surface area contributed by atoms with Gasteiger partial charge in [-0.3, -0.25) is 4.68 Å². The average molecular weight is 280 g/mol. The van der Waals surface area contributed by atoms with Gasteiger partial charge in [0.25, 0.3) is 0 Å². The Kier molecular flexibility index (Phi) is 4.28. The van der Waals surface area contributed by atoms with E-state index in [2.05, 4.69) is 5.10 Å². The van der Waals surface area contributed by atoms with Crippen molar-refractivity contribution in [1.29, 1.82) is 0 Å². The topological polar surface area (TPSA) is 45.5 Å². The lowest BCUT2D eigenvalue weighted by molar-refractivity contribution is 0.00578. The Bertz CT molecular complexity index is 441. The molecule has 1 aliphatic rings. The molecule has 6 heteroatoms. The van der Waals surface area contributed by atoms with E-state index in [0.717, 1.165) is 12.0 Å². The molecule has 0 N–H and O–H groups in total. The number of nitrogens with zero attached hydrogens (tertiary/aromatic N) is 2. The second kappa shape index (κ2) is 5.50. The predicted molar refractivity (Wildman–Crippen MR) is 79.0 cm³/mol. The summed E-state index contributed by atoms with van der Waals surface area (Å²) >= 11 is 0. The number of rotatable bonds is 5. The van der Waals surface area contributed by atoms with Crippen LogP contribution in [-0.2, 0) is 20.6 Å². The minimum Gasteiger partial charge on any atom is -0.399 e. The number of hydrogen-bond acceptors (Lipinski definition) is 4. The molecule has 0 radical (unpaired) electrons. The first-order valence-electron chi connectivity index (χ1n) is 7.21. The van der Waals surface area contributed by atoms with Gasteiger partial charge in [0.1, 0.15) is 0 Å². The second-order valence-corrected chi connectivity index (χ2v) is 6.54. The highest BCUT2D eigenvalue weighted by Crippen LogP contribution is 2.36. The first-order valence-corrected chi connectivity index (χ1v) is 7.21. The average Bonchev–Trinajstić information content (AvgIpc) is 2.82. The summed E-state index contributed by atoms with van der Waals surface area (Å²) in [7, 11) is -0.347. The first-order chi connectivity index (χ1) is 9.21. The van der Waals surface area contributed by atoms with E-state index in [9.17, 15) is 0 Å². The molecule has 20 heavy (non-hydrogen) atoms. The molecule has 0 spiro atoms. The molecule has 112 valence electrons. The maximum atomic E-state index is 6.00. The van der Waals surface area contributed by atoms with Crippen molar-refractivity contribution in [1.82, 2.24) is 9.78 Å². The van der Waals surface area contributed by atoms with Crippen molar-refractivity contribution in [2.75, 3.05) is 6.61 Å². The Balaban J connectivity index is 1.97. The summed E-state index contributed by atoms with van der Waals surface area (Å²) < 4.78 is 19.4. The lowest BCUT2D eigenvalue weighted by Gasteiger charge is -2.32. The van der Waals surface area contributed by atoms with Gasteiger partial charge in [0.05, 0.1) is 30.5 Å². The van der Waals surface area contributed by atoms with Crippen LogP contribution in [0.1, 0.15) is 41.5 Å². The van der Waals surface area contributed by atoms with Crippen molar-refractivity contribution in [3.63, 3.8) is 0 Å². The van der Waals surface area contributed by atoms with Crippen LogP contribution < -0.4 is 5.46 Å². The monoisotopic (exact) mass is 280 g/mol. The van der Waals surface area contributed by atoms with Crippen molar-refractivity contribution in [2.45, 2.75) is 65.4 Å². The molecule has 5 nitrogen and oxygen atoms in total. The second-order valence-electron chi connectivity index (χ2n) is 6.54. The van der Waals surface area contributed by atoms with Crippen molar-refractivity contribution < 1.29 is 14.0 Å². The first kappa shape index (κ1) is 15.5. The summed E-state index contributed by atoms with van der Waals surface area (Å²) in [6.07, 6.45) is 4.01. The molecule has 2 rings (SSSR count). The third kappa shape index (κ3) is 3.24. The molecule has 0 saturated carbocycles. The smallest absolute Gasteiger partial charge is 0.399 e. The van der Waals surface area contributed by atoms with Crippen LogP contribution in [-0.4, -0.2) is 40.8 Å². The van der Waals surface area contributed by atoms with E-state index < -0.39 is 0 Å². The molecule has 0 atom stereocenters. The molecule has 0 bridgehead atoms. The Morgan fingerprint density at radius 1 is 1.25 bits per heavy atom. The third-order valence-electron chi connectivity index (χ3n) is 3.95. The maximum Gasteiger partial charge on any atom is 0.498 e. The van der Waals surface area contributed by atoms with Crippen LogP contribution in [0.25, 0.3) is 0 Å². The van der Waals surface area contributed by atoms with Gasteiger partial charge in [0, 0.05) is 17.9 Å². The van der Waals surface area contributed by atoms with Crippen LogP contribution in [0.5, 0.6) is 0 Å². The highest BCUT2D eigenvalue weighted by Gasteiger charge is 2.52. The highest BCUT2D eigenvalue weighted by atomic mass is 16.7. The molecular weight excluding hydrogens is 255 g/mol. The maximum absolute atomic E-state index is 6.00. The summed E-state index contributed by atoms with van der Waals surface area (Å²) in [4.78, 5) is 0. The molecule has 2 heterocycles. The molecule has 1 saturated heterocycles. The van der Waals surface area contributed by atoms with Crippen LogP contribution in [0.3, 0.4) is 0 Å². The van der Waals surface area contributed by atoms with Gasteiger partial charge in [-0.05, 0) is 41.5 Å². The minimum atomic E-state index is -0.347. The van der Waals surface area contributed by atoms with Gasteiger partial charge in [-0.15, -0.1) is 0 Å². The number of ether oxygens (including phenoxy) is 1. The fourth-order valence-electron chi connectivity index (χ4n) is 1.98. The summed E-state index contributed by atoms with van der Waals surface area (Å²) in [6.45, 7) is 13.6. The van der Waals surface area contributed by atoms with Gasteiger partial charge < -0.3 is 14.0 Å². The van der Waals surface area contributed by atoms with Gasteiger partial charge in [-0.1, -0.05) is 0 Å². The summed E-state index contributed by atoms with van der Waals surface area (Å²) in [6, 6.07) is 0. The van der Waals surface area contributed by atoms with E-state index in [1.54, 1.807) is 6.20 Å². The van der Waals surface area contributed by atoms with Crippen LogP contribution in [0.4, 0.5) is 0 Å². The summed E-state index contributed by atoms with van der Waals surface area (Å²) in [5.74, 6) is 0. The zero-order valence-corrected chi connectivity index (χ0v) is 13.3. The van der Waals surface area contributed by atoms with Crippen LogP contribution in [0, 0.1) is 0 Å². The van der Waals surface area contributed by atoms with Gasteiger partial charge in [-0.25, -0.2) is 0 Å². The quantitative estimate of drug-likeness (QED) is 0.769. The fourth-order valence-corrected chi connectivity index (χ4v) is 1.98. The van der Waals surface area contributed by atoms with Crippen molar-refractivity contribution in [3.8, 4) is 0 Å². The Morgan fingerprint density at radius 2 is 1.85 bits per heavy atom. The molecule has 0 unspecified atom stereocenters. The Morgan fingerprint density at radius 3 is 2.40 bits per heavy atom. The molecule has 0 amide bonds. The minimum absolute atomic E-state index is 0.244. The lowest BCUT2D eigenvalue weighted by Crippen LogP contribution is -2.41. The SMILES string of the molecule is CC(C)OCCn1cc(B2OC(C)(C)C(C)(C)O2)cn1. The Hall–Kier alpha value is -0.845. The molecule has 0 aliphatic carbocycles. The van der Waals surface area contributed by atoms with Gasteiger partial charge in [0.2, 0.25) is 0 Å². The molecule has 0 aromatic carbocycles. The van der Waals surface area contributed by atoms with Crippen molar-refractivity contribution in [3.05, 3.63) is 12.4 Å². The van der Waals surface area contributed by atoms with E-state index in [1.165, 1.54) is 0 Å². The molecule has 1 fully saturated rings. The standard InChI is InChI=1S/C14H25BN2O3/c1-11(2)18-8-7-17-10-12(9-16-17)15-19-13(3,4)14(5,6)20-15/h9-11H,7-8H2,1-6H3. The van der Waals surface area contributed by atoms with Gasteiger partial charge >= 0.3 is 7.12 Å². The lowest BCUT2D eigenvalue weighted by atomic mass is 9.82. The molecule has 1 aromatic rings. The number of aromatic nitrogens is 2. The molecule has 1 aliphatic heterocycles. The largest absolute Gasteiger partial charge is 0.498 e. The van der Waals surface area contributed by atoms with Crippen LogP contribution in [0.2, 0.25) is 0 Å². The van der Waals surface area contributed by atoms with Crippen molar-refractivity contribution in [2.24, 2.45) is 0 Å². The third-order valence-corrected chi connectivity index (χ3v) is 3.95. The summed E-state index contributed by atoms with van der Waals surface area (Å²) in [5.41, 5.74) is 0.314. The fraction of sp³-hybridized carbons (Fsp3) is 0.786. The van der Waals surface area contributed by atoms with Gasteiger partial charge in [0.15, 0.2) is 0 Å². The number of hydrogen-bond donors (Lipinski definition) is 0. The van der Waals surface area contributed by atoms with E-state index in [1.807, 2.05) is 52.4 Å². The normalized spacial score (nSPS) is 20.9. The van der Waals surface area contributed by atoms with Crippen LogP contribution in [0.15, 0.2) is 12.4 Å². The molecule has 1 aromatic heterocycles. The molecular formula is C14H25BN2O3. The zero-order chi connectivity index (χ0) is 15.0. The Labute approximate surface area is 121 Å². The highest BCUT2D eigenvalue weighted by molar-refractivity contribution is 6.61.